The molecule has 0 saturated carbocycles. The van der Waals surface area contributed by atoms with E-state index in [1.54, 1.807) is 0 Å². The number of nitrogens with zero attached hydrogens (tertiary/aromatic N) is 4. The molecule has 3 N–H and O–H groups in total. The summed E-state index contributed by atoms with van der Waals surface area (Å²) in [6.07, 6.45) is 0. The number of hydrogen-bond donors (Lipinski definition) is 2. The zero-order chi connectivity index (χ0) is 37.2. The van der Waals surface area contributed by atoms with Crippen molar-refractivity contribution in [3.05, 3.63) is 72.7 Å². The number of benzene rings is 4. The minimum atomic E-state index is -5.42. The summed E-state index contributed by atoms with van der Waals surface area (Å²) in [6, 6.07) is 10.4. The minimum Gasteiger partial charge on any atom is -0.870 e. The van der Waals surface area contributed by atoms with Crippen molar-refractivity contribution in [2.45, 2.75) is 26.5 Å². The van der Waals surface area contributed by atoms with Crippen molar-refractivity contribution in [2.24, 2.45) is 20.5 Å². The fourth-order valence-electron chi connectivity index (χ4n) is 4.23. The molecule has 0 spiro atoms. The molecule has 24 heteroatoms. The molecule has 0 bridgehead atoms. The van der Waals surface area contributed by atoms with E-state index < -0.39 is 102 Å². The first kappa shape index (κ1) is 45.0. The number of ether oxygens (including phenoxy) is 1. The standard InChI is InChI=1S/C28H25N5O13S4.2Na/c1-3-47(36,37)20-8-4-18(5-9-20)30-32-26-22(49(40,41)42)14-17-15-23(50(43,44)45)27(28(35)24(17)25(26)29)33-31-19-6-10-21(11-7-19)48(38,39)13-12-46-16(2)34;;/h3-11,14-15,35H,1,12-13,29H2,2H3,(H,40,41,42)(H,43,44,45);;/q;2*+1/p-2. The molecule has 0 amide bonds. The van der Waals surface area contributed by atoms with Gasteiger partial charge in [-0.25, -0.2) is 25.3 Å². The Hall–Kier alpha value is -3.13. The molecule has 0 fully saturated rings. The fourth-order valence-corrected chi connectivity index (χ4v) is 7.34. The molecule has 0 unspecified atom stereocenters. The molecule has 0 heterocycles. The number of nitrogen functional groups attached to an aromatic ring is 1. The van der Waals surface area contributed by atoms with Gasteiger partial charge in [0.05, 0.1) is 43.2 Å². The second-order valence-corrected chi connectivity index (χ2v) is 16.7. The van der Waals surface area contributed by atoms with Gasteiger partial charge in [0.15, 0.2) is 19.7 Å². The molecule has 52 heavy (non-hydrogen) atoms. The van der Waals surface area contributed by atoms with Crippen LogP contribution in [0.2, 0.25) is 0 Å². The van der Waals surface area contributed by atoms with Gasteiger partial charge >= 0.3 is 65.1 Å². The van der Waals surface area contributed by atoms with Gasteiger partial charge in [0.25, 0.3) is 10.1 Å². The Morgan fingerprint density at radius 3 is 1.77 bits per heavy atom. The van der Waals surface area contributed by atoms with E-state index in [0.717, 1.165) is 43.3 Å². The molecule has 4 rings (SSSR count). The van der Waals surface area contributed by atoms with Gasteiger partial charge in [0, 0.05) is 17.7 Å². The maximum atomic E-state index is 13.6. The van der Waals surface area contributed by atoms with Crippen molar-refractivity contribution in [3.63, 3.8) is 0 Å². The number of sulfone groups is 2. The molecule has 18 nitrogen and oxygen atoms in total. The second-order valence-electron chi connectivity index (χ2n) is 9.98. The van der Waals surface area contributed by atoms with Gasteiger partial charge in [-0.15, -0.1) is 10.2 Å². The predicted molar refractivity (Wildman–Crippen MR) is 173 cm³/mol. The van der Waals surface area contributed by atoms with Crippen LogP contribution in [0.3, 0.4) is 0 Å². The van der Waals surface area contributed by atoms with Crippen molar-refractivity contribution >= 4 is 85.1 Å². The maximum absolute atomic E-state index is 13.6. The Kier molecular flexibility index (Phi) is 15.0. The zero-order valence-corrected chi connectivity index (χ0v) is 34.6. The number of fused-ring (bicyclic) bond motifs is 1. The third-order valence-corrected chi connectivity index (χ3v) is 11.4. The summed E-state index contributed by atoms with van der Waals surface area (Å²) in [5.74, 6) is -2.49. The van der Waals surface area contributed by atoms with Crippen molar-refractivity contribution in [2.75, 3.05) is 18.1 Å². The van der Waals surface area contributed by atoms with E-state index in [1.165, 1.54) is 12.1 Å². The molecule has 0 radical (unpaired) electrons. The number of esters is 1. The molecule has 0 atom stereocenters. The van der Waals surface area contributed by atoms with Crippen LogP contribution in [0.5, 0.6) is 5.75 Å². The largest absolute Gasteiger partial charge is 1.00 e. The number of azo groups is 2. The molecule has 0 aromatic heterocycles. The van der Waals surface area contributed by atoms with Gasteiger partial charge in [-0.05, 0) is 66.0 Å². The van der Waals surface area contributed by atoms with E-state index in [0.29, 0.717) is 17.5 Å². The third kappa shape index (κ3) is 10.5. The molecular weight excluding hydrogens is 789 g/mol. The summed E-state index contributed by atoms with van der Waals surface area (Å²) in [5.41, 5.74) is 3.41. The number of hydrogen-bond acceptors (Lipinski definition) is 17. The minimum absolute atomic E-state index is 0. The number of anilines is 1. The first-order chi connectivity index (χ1) is 23.2. The number of carbonyl (C=O) groups is 1. The topological polar surface area (TPSA) is 305 Å². The number of carbonyl (C=O) groups excluding carboxylic acids is 1. The molecule has 0 aliphatic rings. The molecule has 4 aromatic carbocycles. The van der Waals surface area contributed by atoms with Crippen molar-refractivity contribution in [1.29, 1.82) is 0 Å². The second kappa shape index (κ2) is 17.3. The van der Waals surface area contributed by atoms with E-state index in [1.807, 2.05) is 0 Å². The van der Waals surface area contributed by atoms with Crippen LogP contribution < -0.4 is 70.0 Å². The maximum Gasteiger partial charge on any atom is 1.00 e. The van der Waals surface area contributed by atoms with E-state index in [4.69, 9.17) is 5.73 Å². The van der Waals surface area contributed by atoms with Gasteiger partial charge in [-0.1, -0.05) is 12.3 Å². The van der Waals surface area contributed by atoms with Gasteiger partial charge < -0.3 is 20.1 Å². The van der Waals surface area contributed by atoms with Crippen LogP contribution in [-0.4, -0.2) is 61.1 Å². The van der Waals surface area contributed by atoms with Crippen LogP contribution in [-0.2, 0) is 49.4 Å². The average molecular weight is 812 g/mol. The SMILES string of the molecule is C=CS(=O)(=O)c1ccc(N=Nc2c(S(=O)(=O)[O-])cc3cc(S(=O)(=O)O)c(N=Nc4ccc(S(=O)(=O)CCOC(C)=O)cc4)c([O-])c3c2N)cc1.[Na+].[Na+]. The summed E-state index contributed by atoms with van der Waals surface area (Å²) in [7, 11) is -18.4. The van der Waals surface area contributed by atoms with Crippen LogP contribution in [0.25, 0.3) is 10.8 Å². The first-order valence-corrected chi connectivity index (χ1v) is 19.5. The van der Waals surface area contributed by atoms with Gasteiger partial charge in [0.1, 0.15) is 27.3 Å². The zero-order valence-electron chi connectivity index (χ0n) is 27.3. The van der Waals surface area contributed by atoms with Crippen LogP contribution >= 0.6 is 0 Å². The molecule has 0 aliphatic heterocycles. The van der Waals surface area contributed by atoms with Crippen molar-refractivity contribution < 1.29 is 117 Å². The molecule has 0 saturated heterocycles. The van der Waals surface area contributed by atoms with Crippen LogP contribution in [0.15, 0.2) is 113 Å². The normalized spacial score (nSPS) is 12.4. The predicted octanol–water partition coefficient (Wildman–Crippen LogP) is -2.26. The van der Waals surface area contributed by atoms with Gasteiger partial charge in [-0.3, -0.25) is 9.35 Å². The Morgan fingerprint density at radius 2 is 1.31 bits per heavy atom. The van der Waals surface area contributed by atoms with Crippen LogP contribution in [0.1, 0.15) is 6.92 Å². The Balaban J connectivity index is 0.00000468. The van der Waals surface area contributed by atoms with E-state index in [9.17, 15) is 52.7 Å². The van der Waals surface area contributed by atoms with E-state index in [-0.39, 0.29) is 80.3 Å². The first-order valence-electron chi connectivity index (χ1n) is 13.5. The summed E-state index contributed by atoms with van der Waals surface area (Å²) >= 11 is 0. The summed E-state index contributed by atoms with van der Waals surface area (Å²) in [4.78, 5) is 8.32. The number of rotatable bonds is 12. The van der Waals surface area contributed by atoms with E-state index >= 15 is 0 Å². The van der Waals surface area contributed by atoms with Crippen LogP contribution in [0.4, 0.5) is 28.4 Å². The fraction of sp³-hybridized carbons (Fsp3) is 0.107. The quantitative estimate of drug-likeness (QED) is 0.0502. The van der Waals surface area contributed by atoms with E-state index in [2.05, 4.69) is 31.8 Å². The Morgan fingerprint density at radius 1 is 0.827 bits per heavy atom. The third-order valence-electron chi connectivity index (χ3n) is 6.61. The van der Waals surface area contributed by atoms with Gasteiger partial charge in [0.2, 0.25) is 0 Å². The smallest absolute Gasteiger partial charge is 0.870 e. The average Bonchev–Trinajstić information content (AvgIpc) is 3.02. The van der Waals surface area contributed by atoms with Crippen molar-refractivity contribution in [1.82, 2.24) is 0 Å². The molecule has 264 valence electrons. The number of nitrogens with two attached hydrogens (primary N) is 1. The van der Waals surface area contributed by atoms with Crippen molar-refractivity contribution in [3.8, 4) is 5.75 Å². The molecular formula is C28H23N5Na2O13S4. The molecule has 4 aromatic rings. The van der Waals surface area contributed by atoms with Gasteiger partial charge in [-0.2, -0.15) is 18.6 Å². The monoisotopic (exact) mass is 811 g/mol. The van der Waals surface area contributed by atoms with Crippen LogP contribution in [0, 0.1) is 0 Å². The summed E-state index contributed by atoms with van der Waals surface area (Å²) in [5, 5.41) is 28.1. The Labute approximate surface area is 341 Å². The molecule has 0 aliphatic carbocycles. The summed E-state index contributed by atoms with van der Waals surface area (Å²) < 4.78 is 124. The summed E-state index contributed by atoms with van der Waals surface area (Å²) in [6.45, 7) is 3.93. The Bertz CT molecular complexity index is 2550.